The van der Waals surface area contributed by atoms with Gasteiger partial charge >= 0.3 is 0 Å². The van der Waals surface area contributed by atoms with Gasteiger partial charge in [0.05, 0.1) is 35.4 Å². The van der Waals surface area contributed by atoms with Gasteiger partial charge < -0.3 is 9.80 Å². The first-order valence-electron chi connectivity index (χ1n) is 10.1. The molecule has 2 fully saturated rings. The summed E-state index contributed by atoms with van der Waals surface area (Å²) in [6.45, 7) is 6.22. The van der Waals surface area contributed by atoms with E-state index in [1.165, 1.54) is 6.33 Å². The third kappa shape index (κ3) is 4.11. The van der Waals surface area contributed by atoms with Crippen LogP contribution in [0.1, 0.15) is 53.1 Å². The number of piperidine rings is 2. The van der Waals surface area contributed by atoms with Gasteiger partial charge in [0, 0.05) is 43.9 Å². The molecule has 0 N–H and O–H groups in total. The maximum Gasteiger partial charge on any atom is 0.257 e. The van der Waals surface area contributed by atoms with Gasteiger partial charge in [-0.05, 0) is 33.1 Å². The smallest absolute Gasteiger partial charge is 0.257 e. The molecule has 0 radical (unpaired) electrons. The number of amides is 2. The Morgan fingerprint density at radius 1 is 1.10 bits per heavy atom. The fraction of sp³-hybridized carbons (Fsp3) is 0.524. The molecular formula is C21H26N6O2. The van der Waals surface area contributed by atoms with Crippen molar-refractivity contribution in [2.24, 2.45) is 5.41 Å². The molecule has 4 rings (SSSR count). The molecule has 0 bridgehead atoms. The summed E-state index contributed by atoms with van der Waals surface area (Å²) < 4.78 is 0. The molecule has 2 amide bonds. The second kappa shape index (κ2) is 7.85. The van der Waals surface area contributed by atoms with E-state index in [0.29, 0.717) is 37.3 Å². The molecule has 0 aliphatic carbocycles. The van der Waals surface area contributed by atoms with Crippen LogP contribution in [0.4, 0.5) is 0 Å². The van der Waals surface area contributed by atoms with E-state index in [1.807, 2.05) is 23.6 Å². The Hall–Kier alpha value is -2.90. The Bertz CT molecular complexity index is 916. The second-order valence-corrected chi connectivity index (χ2v) is 8.25. The monoisotopic (exact) mass is 394 g/mol. The number of nitrogens with zero attached hydrogens (tertiary/aromatic N) is 6. The zero-order valence-corrected chi connectivity index (χ0v) is 17.0. The molecule has 0 unspecified atom stereocenters. The van der Waals surface area contributed by atoms with Crippen molar-refractivity contribution in [3.05, 3.63) is 47.6 Å². The highest BCUT2D eigenvalue weighted by atomic mass is 16.2. The third-order valence-electron chi connectivity index (χ3n) is 6.03. The molecule has 0 saturated carbocycles. The molecule has 8 nitrogen and oxygen atoms in total. The van der Waals surface area contributed by atoms with Crippen molar-refractivity contribution in [3.63, 3.8) is 0 Å². The van der Waals surface area contributed by atoms with Gasteiger partial charge in [-0.2, -0.15) is 0 Å². The highest BCUT2D eigenvalue weighted by Gasteiger charge is 2.43. The zero-order valence-electron chi connectivity index (χ0n) is 17.0. The molecular weight excluding hydrogens is 368 g/mol. The lowest BCUT2D eigenvalue weighted by atomic mass is 9.73. The van der Waals surface area contributed by atoms with Crippen molar-refractivity contribution in [3.8, 4) is 0 Å². The van der Waals surface area contributed by atoms with Crippen molar-refractivity contribution >= 4 is 11.8 Å². The second-order valence-electron chi connectivity index (χ2n) is 8.25. The van der Waals surface area contributed by atoms with Crippen LogP contribution in [0.5, 0.6) is 0 Å². The largest absolute Gasteiger partial charge is 0.338 e. The molecule has 29 heavy (non-hydrogen) atoms. The average molecular weight is 394 g/mol. The summed E-state index contributed by atoms with van der Waals surface area (Å²) in [5.41, 5.74) is 2.84. The summed E-state index contributed by atoms with van der Waals surface area (Å²) in [5.74, 6) is 0.129. The first-order valence-corrected chi connectivity index (χ1v) is 10.1. The van der Waals surface area contributed by atoms with E-state index >= 15 is 0 Å². The van der Waals surface area contributed by atoms with Crippen LogP contribution < -0.4 is 0 Å². The molecule has 2 saturated heterocycles. The molecule has 2 aromatic rings. The minimum Gasteiger partial charge on any atom is -0.338 e. The van der Waals surface area contributed by atoms with Crippen LogP contribution in [-0.4, -0.2) is 61.2 Å². The summed E-state index contributed by atoms with van der Waals surface area (Å²) in [4.78, 5) is 46.3. The molecule has 4 heterocycles. The Balaban J connectivity index is 1.49. The van der Waals surface area contributed by atoms with Gasteiger partial charge in [0.1, 0.15) is 6.33 Å². The van der Waals surface area contributed by atoms with E-state index in [2.05, 4.69) is 19.9 Å². The molecule has 8 heteroatoms. The average Bonchev–Trinajstić information content (AvgIpc) is 2.73. The van der Waals surface area contributed by atoms with Crippen LogP contribution in [0.15, 0.2) is 24.9 Å². The van der Waals surface area contributed by atoms with Crippen molar-refractivity contribution in [2.45, 2.75) is 46.1 Å². The van der Waals surface area contributed by atoms with Crippen LogP contribution in [-0.2, 0) is 11.3 Å². The lowest BCUT2D eigenvalue weighted by Gasteiger charge is -2.48. The molecule has 2 aliphatic rings. The fourth-order valence-corrected chi connectivity index (χ4v) is 4.43. The number of likely N-dealkylation sites (tertiary alicyclic amines) is 2. The van der Waals surface area contributed by atoms with E-state index in [4.69, 9.17) is 0 Å². The topological polar surface area (TPSA) is 92.2 Å². The van der Waals surface area contributed by atoms with Crippen LogP contribution in [0, 0.1) is 19.3 Å². The minimum absolute atomic E-state index is 0.0185. The molecule has 1 atom stereocenters. The van der Waals surface area contributed by atoms with E-state index in [-0.39, 0.29) is 17.2 Å². The Labute approximate surface area is 170 Å². The summed E-state index contributed by atoms with van der Waals surface area (Å²) >= 11 is 0. The molecule has 2 aromatic heterocycles. The van der Waals surface area contributed by atoms with Crippen molar-refractivity contribution < 1.29 is 9.59 Å². The minimum atomic E-state index is -0.0660. The normalized spacial score (nSPS) is 22.2. The predicted molar refractivity (Wildman–Crippen MR) is 106 cm³/mol. The van der Waals surface area contributed by atoms with E-state index in [1.54, 1.807) is 18.6 Å². The van der Waals surface area contributed by atoms with Crippen LogP contribution >= 0.6 is 0 Å². The number of aryl methyl sites for hydroxylation is 2. The number of hydrogen-bond acceptors (Lipinski definition) is 6. The molecule has 152 valence electrons. The molecule has 2 aliphatic heterocycles. The molecule has 1 spiro atoms. The van der Waals surface area contributed by atoms with Gasteiger partial charge in [-0.15, -0.1) is 0 Å². The first kappa shape index (κ1) is 19.4. The van der Waals surface area contributed by atoms with Crippen molar-refractivity contribution in [2.75, 3.05) is 19.6 Å². The number of carbonyl (C=O) groups is 2. The Kier molecular flexibility index (Phi) is 5.25. The lowest BCUT2D eigenvalue weighted by molar-refractivity contribution is -0.139. The molecule has 0 aromatic carbocycles. The summed E-state index contributed by atoms with van der Waals surface area (Å²) in [5, 5.41) is 0. The number of carbonyl (C=O) groups excluding carboxylic acids is 2. The fourth-order valence-electron chi connectivity index (χ4n) is 4.43. The van der Waals surface area contributed by atoms with Gasteiger partial charge in [0.15, 0.2) is 0 Å². The van der Waals surface area contributed by atoms with Crippen molar-refractivity contribution in [1.29, 1.82) is 0 Å². The maximum atomic E-state index is 13.1. The van der Waals surface area contributed by atoms with E-state index in [9.17, 15) is 9.59 Å². The Morgan fingerprint density at radius 2 is 1.97 bits per heavy atom. The highest BCUT2D eigenvalue weighted by molar-refractivity contribution is 5.95. The summed E-state index contributed by atoms with van der Waals surface area (Å²) in [7, 11) is 0. The SMILES string of the molecule is Cc1cnc(CN2C[C@@]3(CCCN(C(=O)c4cncnc4C)C3)CCC2=O)cn1. The van der Waals surface area contributed by atoms with E-state index in [0.717, 1.165) is 37.2 Å². The van der Waals surface area contributed by atoms with Gasteiger partial charge in [0.25, 0.3) is 5.91 Å². The van der Waals surface area contributed by atoms with Gasteiger partial charge in [-0.25, -0.2) is 9.97 Å². The first-order chi connectivity index (χ1) is 14.0. The number of aromatic nitrogens is 4. The quantitative estimate of drug-likeness (QED) is 0.790. The number of hydrogen-bond donors (Lipinski definition) is 0. The third-order valence-corrected chi connectivity index (χ3v) is 6.03. The van der Waals surface area contributed by atoms with Crippen molar-refractivity contribution in [1.82, 2.24) is 29.7 Å². The van der Waals surface area contributed by atoms with Crippen LogP contribution in [0.2, 0.25) is 0 Å². The predicted octanol–water partition coefficient (Wildman–Crippen LogP) is 1.93. The maximum absolute atomic E-state index is 13.1. The zero-order chi connectivity index (χ0) is 20.4. The van der Waals surface area contributed by atoms with E-state index < -0.39 is 0 Å². The van der Waals surface area contributed by atoms with Crippen LogP contribution in [0.25, 0.3) is 0 Å². The van der Waals surface area contributed by atoms with Gasteiger partial charge in [0.2, 0.25) is 5.91 Å². The summed E-state index contributed by atoms with van der Waals surface area (Å²) in [6, 6.07) is 0. The lowest BCUT2D eigenvalue weighted by Crippen LogP contribution is -2.55. The van der Waals surface area contributed by atoms with Gasteiger partial charge in [-0.1, -0.05) is 0 Å². The Morgan fingerprint density at radius 3 is 2.72 bits per heavy atom. The number of rotatable bonds is 3. The summed E-state index contributed by atoms with van der Waals surface area (Å²) in [6.07, 6.45) is 9.80. The highest BCUT2D eigenvalue weighted by Crippen LogP contribution is 2.39. The standard InChI is InChI=1S/C21H26N6O2/c1-15-8-24-17(9-23-15)11-27-13-21(6-4-19(27)28)5-3-7-26(12-21)20(29)18-10-22-14-25-16(18)2/h8-10,14H,3-7,11-13H2,1-2H3/t21-/m0/s1. The van der Waals surface area contributed by atoms with Crippen LogP contribution in [0.3, 0.4) is 0 Å². The van der Waals surface area contributed by atoms with Gasteiger partial charge in [-0.3, -0.25) is 19.6 Å².